The Morgan fingerprint density at radius 1 is 0.252 bits per heavy atom. The zero-order valence-electron chi connectivity index (χ0n) is 64.3. The second kappa shape index (κ2) is 65.1. The average Bonchev–Trinajstić information content (AvgIpc) is 0.860. The normalized spacial score (nSPS) is 10.1. The van der Waals surface area contributed by atoms with E-state index in [0.717, 1.165) is 42.5 Å². The van der Waals surface area contributed by atoms with Crippen molar-refractivity contribution in [3.8, 4) is 0 Å². The molecule has 0 saturated heterocycles. The van der Waals surface area contributed by atoms with Gasteiger partial charge in [0.05, 0.1) is 37.3 Å². The van der Waals surface area contributed by atoms with E-state index in [4.69, 9.17) is 33.3 Å². The van der Waals surface area contributed by atoms with E-state index in [1.54, 1.807) is 20.8 Å². The maximum absolute atomic E-state index is 11.6. The lowest BCUT2D eigenvalue weighted by molar-refractivity contribution is -0.159. The van der Waals surface area contributed by atoms with Crippen LogP contribution in [0, 0.1) is 10.8 Å². The number of phosphoric ester groups is 2. The molecule has 0 rings (SSSR count). The van der Waals surface area contributed by atoms with Gasteiger partial charge < -0.3 is 76.1 Å². The Labute approximate surface area is 645 Å². The third-order valence-corrected chi connectivity index (χ3v) is 13.7. The minimum Gasteiger partial charge on any atom is -0.462 e. The quantitative estimate of drug-likeness (QED) is 0.0192. The molecule has 0 aromatic heterocycles. The number of phosphoric acid groups is 2. The van der Waals surface area contributed by atoms with Crippen molar-refractivity contribution in [1.82, 2.24) is 0 Å². The predicted molar refractivity (Wildman–Crippen MR) is 397 cm³/mol. The molecule has 0 spiro atoms. The Morgan fingerprint density at radius 2 is 0.387 bits per heavy atom. The van der Waals surface area contributed by atoms with E-state index in [2.05, 4.69) is 148 Å². The van der Waals surface area contributed by atoms with Gasteiger partial charge in [-0.1, -0.05) is 106 Å². The number of carbonyl (C=O) groups is 14. The lowest BCUT2D eigenvalue weighted by Gasteiger charge is -2.31. The Morgan fingerprint density at radius 3 is 0.550 bits per heavy atom. The van der Waals surface area contributed by atoms with Gasteiger partial charge in [-0.3, -0.25) is 18.1 Å². The molecule has 2 N–H and O–H groups in total. The molecule has 36 nitrogen and oxygen atoms in total. The van der Waals surface area contributed by atoms with Crippen molar-refractivity contribution in [3.63, 3.8) is 0 Å². The summed E-state index contributed by atoms with van der Waals surface area (Å²) in [5.41, 5.74) is 0.0914. The summed E-state index contributed by atoms with van der Waals surface area (Å²) in [5.74, 6) is -8.18. The molecule has 38 heteroatoms. The third-order valence-electron chi connectivity index (χ3n) is 11.6. The highest BCUT2D eigenvalue weighted by Crippen LogP contribution is 2.43. The molecule has 0 saturated carbocycles. The van der Waals surface area contributed by atoms with Gasteiger partial charge in [-0.15, -0.1) is 0 Å². The molecule has 0 heterocycles. The lowest BCUT2D eigenvalue weighted by Crippen LogP contribution is -2.39. The van der Waals surface area contributed by atoms with Gasteiger partial charge in [-0.05, 0) is 61.3 Å². The predicted octanol–water partition coefficient (Wildman–Crippen LogP) is 7.92. The second-order valence-electron chi connectivity index (χ2n) is 21.6. The summed E-state index contributed by atoms with van der Waals surface area (Å²) in [4.78, 5) is 173. The molecule has 0 radical (unpaired) electrons. The van der Waals surface area contributed by atoms with Crippen LogP contribution in [0.1, 0.15) is 75.2 Å². The molecule has 0 aromatic rings. The molecule has 0 aliphatic heterocycles. The van der Waals surface area contributed by atoms with Crippen LogP contribution in [0.25, 0.3) is 0 Å². The van der Waals surface area contributed by atoms with Crippen molar-refractivity contribution >= 4 is 99.2 Å². The minimum atomic E-state index is -4.29. The highest BCUT2D eigenvalue weighted by atomic mass is 31.2. The summed E-state index contributed by atoms with van der Waals surface area (Å²) in [6.07, 6.45) is 7.93. The Hall–Kier alpha value is -10.8. The summed E-state index contributed by atoms with van der Waals surface area (Å²) in [5, 5.41) is 0. The van der Waals surface area contributed by atoms with Crippen molar-refractivity contribution in [3.05, 3.63) is 174 Å². The van der Waals surface area contributed by atoms with E-state index in [1.165, 1.54) is 34.6 Å². The van der Waals surface area contributed by atoms with Crippen LogP contribution in [0.3, 0.4) is 0 Å². The van der Waals surface area contributed by atoms with E-state index < -0.39 is 110 Å². The second-order valence-corrected chi connectivity index (χ2v) is 24.5. The summed E-state index contributed by atoms with van der Waals surface area (Å²) < 4.78 is 108. The van der Waals surface area contributed by atoms with Gasteiger partial charge in [-0.25, -0.2) is 76.3 Å². The van der Waals surface area contributed by atoms with Crippen LogP contribution >= 0.6 is 15.6 Å². The highest BCUT2D eigenvalue weighted by Gasteiger charge is 2.36. The maximum atomic E-state index is 11.6. The first-order valence-corrected chi connectivity index (χ1v) is 35.2. The molecule has 0 aliphatic rings. The van der Waals surface area contributed by atoms with E-state index >= 15 is 0 Å². The summed E-state index contributed by atoms with van der Waals surface area (Å²) >= 11 is 0. The van der Waals surface area contributed by atoms with Crippen LogP contribution in [-0.4, -0.2) is 212 Å². The van der Waals surface area contributed by atoms with Crippen LogP contribution in [0.5, 0.6) is 0 Å². The fourth-order valence-corrected chi connectivity index (χ4v) is 6.63. The van der Waals surface area contributed by atoms with Crippen molar-refractivity contribution < 1.29 is 170 Å². The average molecular weight is 1620 g/mol. The molecule has 0 aromatic carbocycles. The largest absolute Gasteiger partial charge is 0.472 e. The standard InChI is InChI=1S/C18H26O6.C15H20O6.C12H19O8P.C10H15O8P.C10H14O4.C8H10O4/c1-8-18(9-22-15(19)12(2)3,10-23-16(20)13(4)5)11-24-17(21)14(6)7;1-5-12(16)19-9-15(8-4,10-20-13(17)6-2)11-21-14(18)7-3;1-9(2)11(13)17-5-7-19-21(15,16)20-8-6-18-12(14)10(3)4;1-3-9(11)15-5-7-17-19(13,14)18-8-6-16-10(12)4-2;1-7(2)9(11)13-5-6-14-10(12)8(3)4;1-3-7(9)11-5-6-12-8(10)4-2/h2,4,6,8-11H2,1,3,5,7H3;5-7H,1-3,8-11H2,4H3;1,3,5-8H2,2,4H3,(H,15,16);3-4H,1-2,5-8H2,(H,13,14);1,3,5-6H2,2,4H3;3-4H,1-2,5-6H2. The van der Waals surface area contributed by atoms with E-state index in [9.17, 15) is 81.1 Å². The van der Waals surface area contributed by atoms with Gasteiger partial charge in [0.1, 0.15) is 92.5 Å². The van der Waals surface area contributed by atoms with Crippen LogP contribution in [0.2, 0.25) is 0 Å². The van der Waals surface area contributed by atoms with Crippen LogP contribution < -0.4 is 0 Å². The molecule has 0 aliphatic carbocycles. The monoisotopic (exact) mass is 1620 g/mol. The van der Waals surface area contributed by atoms with Gasteiger partial charge in [0, 0.05) is 81.5 Å². The number of esters is 14. The van der Waals surface area contributed by atoms with Crippen molar-refractivity contribution in [2.24, 2.45) is 10.8 Å². The Bertz CT molecular complexity index is 3110. The molecule has 0 bridgehead atoms. The number of rotatable bonds is 50. The summed E-state index contributed by atoms with van der Waals surface area (Å²) in [7, 11) is -8.55. The zero-order valence-corrected chi connectivity index (χ0v) is 66.0. The lowest BCUT2D eigenvalue weighted by atomic mass is 9.88. The van der Waals surface area contributed by atoms with E-state index in [1.807, 2.05) is 6.92 Å². The fraction of sp³-hybridized carbons (Fsp3) is 0.425. The highest BCUT2D eigenvalue weighted by molar-refractivity contribution is 7.47. The SMILES string of the molecule is C=C(C)C(=O)OCC(CC)(COC(=O)C(=C)C)COC(=O)C(=C)C.C=C(C)C(=O)OCCOC(=O)C(=C)C.C=C(C)C(=O)OCCOP(=O)(O)OCCOC(=O)C(=C)C.C=CC(=O)OCC(CC)(COC(=O)C=C)COC(=O)C=C.C=CC(=O)OCCOC(=O)C=C.C=CC(=O)OCCOP(=O)(O)OCCOC(=O)C=C. The third kappa shape index (κ3) is 65.9. The van der Waals surface area contributed by atoms with Crippen molar-refractivity contribution in [1.29, 1.82) is 0 Å². The Balaban J connectivity index is -0.000000302. The van der Waals surface area contributed by atoms with Crippen LogP contribution in [0.15, 0.2) is 174 Å². The summed E-state index contributed by atoms with van der Waals surface area (Å²) in [6.45, 7) is 58.4. The number of hydrogen-bond acceptors (Lipinski definition) is 34. The Kier molecular flexibility index (Phi) is 65.1. The van der Waals surface area contributed by atoms with Crippen molar-refractivity contribution in [2.75, 3.05) is 119 Å². The molecule has 0 fully saturated rings. The summed E-state index contributed by atoms with van der Waals surface area (Å²) in [6, 6.07) is 0. The molecule has 0 amide bonds. The van der Waals surface area contributed by atoms with Crippen molar-refractivity contribution in [2.45, 2.75) is 75.2 Å². The smallest absolute Gasteiger partial charge is 0.462 e. The first kappa shape index (κ1) is 111. The minimum absolute atomic E-state index is 0.0322. The van der Waals surface area contributed by atoms with Crippen LogP contribution in [0.4, 0.5) is 0 Å². The molecular formula is C73H104O36P2. The molecule has 622 valence electrons. The first-order chi connectivity index (χ1) is 51.7. The van der Waals surface area contributed by atoms with Gasteiger partial charge >= 0.3 is 99.2 Å². The number of hydrogen-bond donors (Lipinski definition) is 2. The molecule has 0 unspecified atom stereocenters. The maximum Gasteiger partial charge on any atom is 0.472 e. The number of carbonyl (C=O) groups excluding carboxylic acids is 14. The van der Waals surface area contributed by atoms with Gasteiger partial charge in [-0.2, -0.15) is 0 Å². The molecule has 0 atom stereocenters. The topological polar surface area (TPSA) is 480 Å². The van der Waals surface area contributed by atoms with E-state index in [-0.39, 0.29) is 147 Å². The molecular weight excluding hydrogens is 1510 g/mol. The van der Waals surface area contributed by atoms with Crippen LogP contribution in [-0.2, 0) is 161 Å². The first-order valence-electron chi connectivity index (χ1n) is 32.3. The number of ether oxygens (including phenoxy) is 14. The van der Waals surface area contributed by atoms with Gasteiger partial charge in [0.15, 0.2) is 0 Å². The van der Waals surface area contributed by atoms with E-state index in [0.29, 0.717) is 24.0 Å². The zero-order chi connectivity index (χ0) is 86.9. The van der Waals surface area contributed by atoms with Gasteiger partial charge in [0.2, 0.25) is 0 Å². The van der Waals surface area contributed by atoms with Gasteiger partial charge in [0.25, 0.3) is 0 Å². The molecule has 111 heavy (non-hydrogen) atoms. The fourth-order valence-electron chi connectivity index (χ4n) is 5.26.